The van der Waals surface area contributed by atoms with Gasteiger partial charge in [-0.2, -0.15) is 22.0 Å². The average Bonchev–Trinajstić information content (AvgIpc) is 2.43. The lowest BCUT2D eigenvalue weighted by Crippen LogP contribution is -2.46. The first-order valence-electron chi connectivity index (χ1n) is 5.60. The SMILES string of the molecule is COc1cc(OC)c([C@H](N)C(F)(F)C(F)(F)F)c(OC)c1.Cl. The molecule has 1 atom stereocenters. The van der Waals surface area contributed by atoms with Crippen LogP contribution < -0.4 is 19.9 Å². The standard InChI is InChI=1S/C12H14F5NO3.ClH/c1-19-6-4-7(20-2)9(8(5-6)21-3)10(18)11(13,14)12(15,16)17;/h4-5,10H,18H2,1-3H3;1H/t10-;/m0./s1. The van der Waals surface area contributed by atoms with E-state index in [1.807, 2.05) is 0 Å². The lowest BCUT2D eigenvalue weighted by molar-refractivity contribution is -0.291. The summed E-state index contributed by atoms with van der Waals surface area (Å²) < 4.78 is 78.7. The van der Waals surface area contributed by atoms with Crippen molar-refractivity contribution < 1.29 is 36.2 Å². The van der Waals surface area contributed by atoms with Crippen LogP contribution in [0.4, 0.5) is 22.0 Å². The molecule has 128 valence electrons. The first-order valence-corrected chi connectivity index (χ1v) is 5.60. The van der Waals surface area contributed by atoms with Crippen molar-refractivity contribution in [3.05, 3.63) is 17.7 Å². The molecule has 0 aromatic heterocycles. The third kappa shape index (κ3) is 3.64. The Bertz CT molecular complexity index is 485. The van der Waals surface area contributed by atoms with Crippen LogP contribution in [0.2, 0.25) is 0 Å². The van der Waals surface area contributed by atoms with Crippen molar-refractivity contribution in [2.75, 3.05) is 21.3 Å². The number of benzene rings is 1. The lowest BCUT2D eigenvalue weighted by atomic mass is 9.98. The molecule has 0 amide bonds. The summed E-state index contributed by atoms with van der Waals surface area (Å²) in [5.41, 5.74) is 4.54. The minimum Gasteiger partial charge on any atom is -0.496 e. The Morgan fingerprint density at radius 3 is 1.59 bits per heavy atom. The minimum atomic E-state index is -5.80. The van der Waals surface area contributed by atoms with Crippen LogP contribution in [-0.2, 0) is 0 Å². The molecular formula is C12H15ClF5NO3. The molecule has 0 saturated carbocycles. The Morgan fingerprint density at radius 2 is 1.32 bits per heavy atom. The van der Waals surface area contributed by atoms with E-state index < -0.39 is 23.7 Å². The molecular weight excluding hydrogens is 337 g/mol. The predicted molar refractivity (Wildman–Crippen MR) is 71.3 cm³/mol. The number of halogens is 6. The fourth-order valence-electron chi connectivity index (χ4n) is 1.70. The normalized spacial score (nSPS) is 13.1. The zero-order valence-electron chi connectivity index (χ0n) is 11.8. The van der Waals surface area contributed by atoms with Crippen molar-refractivity contribution in [2.24, 2.45) is 5.73 Å². The molecule has 2 N–H and O–H groups in total. The molecule has 0 fully saturated rings. The lowest BCUT2D eigenvalue weighted by Gasteiger charge is -2.28. The largest absolute Gasteiger partial charge is 0.496 e. The highest BCUT2D eigenvalue weighted by Gasteiger charge is 2.62. The number of methoxy groups -OCH3 is 3. The summed E-state index contributed by atoms with van der Waals surface area (Å²) in [5, 5.41) is 0. The molecule has 0 bridgehead atoms. The highest BCUT2D eigenvalue weighted by Crippen LogP contribution is 2.48. The third-order valence-corrected chi connectivity index (χ3v) is 2.83. The zero-order chi connectivity index (χ0) is 16.4. The molecule has 0 saturated heterocycles. The van der Waals surface area contributed by atoms with Crippen LogP contribution in [0, 0.1) is 0 Å². The molecule has 4 nitrogen and oxygen atoms in total. The van der Waals surface area contributed by atoms with Gasteiger partial charge in [0.2, 0.25) is 0 Å². The van der Waals surface area contributed by atoms with E-state index >= 15 is 0 Å². The van der Waals surface area contributed by atoms with Gasteiger partial charge in [0.15, 0.2) is 0 Å². The smallest absolute Gasteiger partial charge is 0.455 e. The molecule has 0 radical (unpaired) electrons. The maximum absolute atomic E-state index is 13.4. The van der Waals surface area contributed by atoms with E-state index in [1.54, 1.807) is 0 Å². The molecule has 22 heavy (non-hydrogen) atoms. The molecule has 10 heteroatoms. The molecule has 0 aliphatic carbocycles. The summed E-state index contributed by atoms with van der Waals surface area (Å²) in [4.78, 5) is 0. The fourth-order valence-corrected chi connectivity index (χ4v) is 1.70. The minimum absolute atomic E-state index is 0. The van der Waals surface area contributed by atoms with E-state index in [1.165, 1.54) is 7.11 Å². The van der Waals surface area contributed by atoms with E-state index in [2.05, 4.69) is 0 Å². The maximum atomic E-state index is 13.4. The van der Waals surface area contributed by atoms with Crippen LogP contribution >= 0.6 is 12.4 Å². The van der Waals surface area contributed by atoms with E-state index in [0.29, 0.717) is 0 Å². The first-order chi connectivity index (χ1) is 9.60. The second-order valence-electron chi connectivity index (χ2n) is 4.04. The number of alkyl halides is 5. The summed E-state index contributed by atoms with van der Waals surface area (Å²) in [5.74, 6) is -5.57. The quantitative estimate of drug-likeness (QED) is 0.827. The van der Waals surface area contributed by atoms with E-state index in [0.717, 1.165) is 26.4 Å². The van der Waals surface area contributed by atoms with Gasteiger partial charge in [0.1, 0.15) is 23.3 Å². The van der Waals surface area contributed by atoms with Gasteiger partial charge in [-0.05, 0) is 0 Å². The van der Waals surface area contributed by atoms with E-state index in [4.69, 9.17) is 19.9 Å². The highest BCUT2D eigenvalue weighted by molar-refractivity contribution is 5.85. The van der Waals surface area contributed by atoms with Crippen molar-refractivity contribution in [2.45, 2.75) is 18.1 Å². The predicted octanol–water partition coefficient (Wildman–Crippen LogP) is 3.33. The van der Waals surface area contributed by atoms with Gasteiger partial charge in [0.05, 0.1) is 26.9 Å². The topological polar surface area (TPSA) is 53.7 Å². The number of hydrogen-bond donors (Lipinski definition) is 1. The second kappa shape index (κ2) is 7.19. The van der Waals surface area contributed by atoms with Crippen LogP contribution in [0.1, 0.15) is 11.6 Å². The van der Waals surface area contributed by atoms with Gasteiger partial charge in [-0.1, -0.05) is 0 Å². The third-order valence-electron chi connectivity index (χ3n) is 2.83. The van der Waals surface area contributed by atoms with Crippen LogP contribution in [0.3, 0.4) is 0 Å². The molecule has 0 heterocycles. The molecule has 0 unspecified atom stereocenters. The molecule has 0 aliphatic heterocycles. The molecule has 0 aliphatic rings. The Balaban J connectivity index is 0.00000441. The number of rotatable bonds is 5. The summed E-state index contributed by atoms with van der Waals surface area (Å²) in [6, 6.07) is -0.401. The molecule has 0 spiro atoms. The Hall–Kier alpha value is -1.48. The monoisotopic (exact) mass is 351 g/mol. The summed E-state index contributed by atoms with van der Waals surface area (Å²) in [7, 11) is 3.50. The van der Waals surface area contributed by atoms with Crippen molar-refractivity contribution in [1.29, 1.82) is 0 Å². The van der Waals surface area contributed by atoms with Gasteiger partial charge in [-0.25, -0.2) is 0 Å². The maximum Gasteiger partial charge on any atom is 0.455 e. The molecule has 1 aromatic carbocycles. The van der Waals surface area contributed by atoms with Crippen molar-refractivity contribution in [3.8, 4) is 17.2 Å². The van der Waals surface area contributed by atoms with Gasteiger partial charge in [0, 0.05) is 12.1 Å². The first kappa shape index (κ1) is 20.5. The Kier molecular flexibility index (Phi) is 6.70. The van der Waals surface area contributed by atoms with Crippen molar-refractivity contribution in [3.63, 3.8) is 0 Å². The van der Waals surface area contributed by atoms with Gasteiger partial charge in [-0.15, -0.1) is 12.4 Å². The van der Waals surface area contributed by atoms with Crippen LogP contribution in [0.25, 0.3) is 0 Å². The van der Waals surface area contributed by atoms with E-state index in [-0.39, 0.29) is 29.7 Å². The van der Waals surface area contributed by atoms with E-state index in [9.17, 15) is 22.0 Å². The summed E-state index contributed by atoms with van der Waals surface area (Å²) >= 11 is 0. The van der Waals surface area contributed by atoms with Crippen LogP contribution in [0.5, 0.6) is 17.2 Å². The summed E-state index contributed by atoms with van der Waals surface area (Å²) in [6.45, 7) is 0. The Morgan fingerprint density at radius 1 is 0.909 bits per heavy atom. The average molecular weight is 352 g/mol. The van der Waals surface area contributed by atoms with Crippen molar-refractivity contribution >= 4 is 12.4 Å². The van der Waals surface area contributed by atoms with Crippen LogP contribution in [0.15, 0.2) is 12.1 Å². The van der Waals surface area contributed by atoms with Gasteiger partial charge in [0.25, 0.3) is 0 Å². The van der Waals surface area contributed by atoms with Gasteiger partial charge in [-0.3, -0.25) is 0 Å². The number of hydrogen-bond acceptors (Lipinski definition) is 4. The molecule has 1 rings (SSSR count). The van der Waals surface area contributed by atoms with Gasteiger partial charge >= 0.3 is 12.1 Å². The molecule has 1 aromatic rings. The number of ether oxygens (including phenoxy) is 3. The zero-order valence-corrected chi connectivity index (χ0v) is 12.6. The fraction of sp³-hybridized carbons (Fsp3) is 0.500. The summed E-state index contributed by atoms with van der Waals surface area (Å²) in [6.07, 6.45) is -5.80. The van der Waals surface area contributed by atoms with Crippen molar-refractivity contribution in [1.82, 2.24) is 0 Å². The number of nitrogens with two attached hydrogens (primary N) is 1. The Labute approximate surface area is 129 Å². The highest BCUT2D eigenvalue weighted by atomic mass is 35.5. The second-order valence-corrected chi connectivity index (χ2v) is 4.04. The van der Waals surface area contributed by atoms with Crippen LogP contribution in [-0.4, -0.2) is 33.4 Å². The van der Waals surface area contributed by atoms with Gasteiger partial charge < -0.3 is 19.9 Å².